The average molecular weight is 291 g/mol. The highest BCUT2D eigenvalue weighted by Crippen LogP contribution is 2.22. The Bertz CT molecular complexity index is 680. The molecule has 1 N–H and O–H groups in total. The monoisotopic (exact) mass is 291 g/mol. The number of ether oxygens (including phenoxy) is 1. The van der Waals surface area contributed by atoms with E-state index < -0.39 is 0 Å². The average Bonchev–Trinajstić information content (AvgIpc) is 2.74. The zero-order valence-corrected chi connectivity index (χ0v) is 13.1. The van der Waals surface area contributed by atoms with Gasteiger partial charge in [-0.15, -0.1) is 0 Å². The number of hydrogen-bond donors (Lipinski definition) is 1. The molecule has 0 bridgehead atoms. The number of aryl methyl sites for hydroxylation is 1. The van der Waals surface area contributed by atoms with E-state index in [0.717, 1.165) is 11.3 Å². The van der Waals surface area contributed by atoms with Crippen molar-refractivity contribution in [3.05, 3.63) is 33.6 Å². The van der Waals surface area contributed by atoms with Gasteiger partial charge in [-0.25, -0.2) is 0 Å². The molecule has 0 amide bonds. The van der Waals surface area contributed by atoms with E-state index in [1.165, 1.54) is 0 Å². The van der Waals surface area contributed by atoms with Gasteiger partial charge in [-0.2, -0.15) is 4.98 Å². The number of nitrogens with zero attached hydrogens (tertiary/aromatic N) is 2. The van der Waals surface area contributed by atoms with Crippen LogP contribution in [0, 0.1) is 12.3 Å². The first-order chi connectivity index (χ1) is 9.80. The maximum absolute atomic E-state index is 12.2. The second-order valence-electron chi connectivity index (χ2n) is 6.36. The van der Waals surface area contributed by atoms with Gasteiger partial charge in [-0.1, -0.05) is 25.9 Å². The van der Waals surface area contributed by atoms with Gasteiger partial charge in [-0.05, 0) is 24.0 Å². The van der Waals surface area contributed by atoms with Crippen LogP contribution in [0.4, 0.5) is 0 Å². The molecule has 2 aromatic rings. The van der Waals surface area contributed by atoms with Gasteiger partial charge in [0.1, 0.15) is 0 Å². The molecule has 0 fully saturated rings. The Hall–Kier alpha value is -1.95. The molecule has 0 aliphatic carbocycles. The molecule has 2 heterocycles. The van der Waals surface area contributed by atoms with Crippen molar-refractivity contribution in [3.8, 4) is 11.4 Å². The van der Waals surface area contributed by atoms with E-state index in [0.29, 0.717) is 30.3 Å². The number of hydrogen-bond acceptors (Lipinski definition) is 5. The molecular formula is C15H21N3O3. The zero-order valence-electron chi connectivity index (χ0n) is 13.1. The Kier molecular flexibility index (Phi) is 4.27. The van der Waals surface area contributed by atoms with Crippen molar-refractivity contribution >= 4 is 0 Å². The molecule has 0 saturated heterocycles. The topological polar surface area (TPSA) is 81.0 Å². The van der Waals surface area contributed by atoms with Crippen LogP contribution < -0.4 is 5.56 Å². The number of aromatic amines is 1. The quantitative estimate of drug-likeness (QED) is 0.935. The van der Waals surface area contributed by atoms with Gasteiger partial charge < -0.3 is 14.2 Å². The molecule has 0 radical (unpaired) electrons. The van der Waals surface area contributed by atoms with Crippen LogP contribution in [0.1, 0.15) is 37.9 Å². The summed E-state index contributed by atoms with van der Waals surface area (Å²) in [6.07, 6.45) is 0.656. The number of aromatic nitrogens is 3. The number of rotatable bonds is 4. The molecule has 0 aromatic carbocycles. The van der Waals surface area contributed by atoms with Crippen molar-refractivity contribution in [1.29, 1.82) is 0 Å². The number of methoxy groups -OCH3 is 1. The molecule has 0 saturated carbocycles. The summed E-state index contributed by atoms with van der Waals surface area (Å²) in [5, 5.41) is 3.94. The number of pyridine rings is 1. The first-order valence-corrected chi connectivity index (χ1v) is 6.85. The maximum atomic E-state index is 12.2. The summed E-state index contributed by atoms with van der Waals surface area (Å²) in [5.41, 5.74) is 1.74. The highest BCUT2D eigenvalue weighted by Gasteiger charge is 2.20. The van der Waals surface area contributed by atoms with Crippen molar-refractivity contribution in [2.45, 2.75) is 40.7 Å². The summed E-state index contributed by atoms with van der Waals surface area (Å²) in [6, 6.07) is 1.86. The predicted octanol–water partition coefficient (Wildman–Crippen LogP) is 2.47. The van der Waals surface area contributed by atoms with Crippen LogP contribution in [0.15, 0.2) is 15.4 Å². The van der Waals surface area contributed by atoms with Crippen LogP contribution in [0.3, 0.4) is 0 Å². The molecule has 6 nitrogen and oxygen atoms in total. The lowest BCUT2D eigenvalue weighted by atomic mass is 9.92. The van der Waals surface area contributed by atoms with E-state index in [4.69, 9.17) is 9.26 Å². The summed E-state index contributed by atoms with van der Waals surface area (Å²) < 4.78 is 10.4. The van der Waals surface area contributed by atoms with E-state index in [9.17, 15) is 4.79 Å². The van der Waals surface area contributed by atoms with Gasteiger partial charge in [-0.3, -0.25) is 4.79 Å². The fraction of sp³-hybridized carbons (Fsp3) is 0.533. The summed E-state index contributed by atoms with van der Waals surface area (Å²) in [5.74, 6) is 0.836. The van der Waals surface area contributed by atoms with Gasteiger partial charge >= 0.3 is 0 Å². The van der Waals surface area contributed by atoms with Crippen LogP contribution in [-0.2, 0) is 17.8 Å². The molecular weight excluding hydrogens is 270 g/mol. The maximum Gasteiger partial charge on any atom is 0.259 e. The summed E-state index contributed by atoms with van der Waals surface area (Å²) in [4.78, 5) is 19.3. The van der Waals surface area contributed by atoms with Crippen LogP contribution in [0.2, 0.25) is 0 Å². The Morgan fingerprint density at radius 1 is 1.38 bits per heavy atom. The number of nitrogens with one attached hydrogen (secondary N) is 1. The van der Waals surface area contributed by atoms with Gasteiger partial charge in [0.2, 0.25) is 11.7 Å². The predicted molar refractivity (Wildman–Crippen MR) is 79.0 cm³/mol. The molecule has 2 rings (SSSR count). The van der Waals surface area contributed by atoms with E-state index in [1.54, 1.807) is 7.11 Å². The normalized spacial score (nSPS) is 11.9. The highest BCUT2D eigenvalue weighted by molar-refractivity contribution is 5.58. The minimum Gasteiger partial charge on any atom is -0.380 e. The standard InChI is InChI=1S/C15H21N3O3/c1-9-6-10(8-20-5)12(14(19)16-9)13-17-11(21-18-13)7-15(2,3)4/h6H,7-8H2,1-5H3,(H,16,19). The minimum atomic E-state index is -0.231. The molecule has 0 unspecified atom stereocenters. The third kappa shape index (κ3) is 3.78. The lowest BCUT2D eigenvalue weighted by molar-refractivity contribution is 0.185. The van der Waals surface area contributed by atoms with Gasteiger partial charge in [0.25, 0.3) is 5.56 Å². The highest BCUT2D eigenvalue weighted by atomic mass is 16.5. The fourth-order valence-corrected chi connectivity index (χ4v) is 2.15. The fourth-order valence-electron chi connectivity index (χ4n) is 2.15. The molecule has 21 heavy (non-hydrogen) atoms. The van der Waals surface area contributed by atoms with Crippen molar-refractivity contribution in [1.82, 2.24) is 15.1 Å². The summed E-state index contributed by atoms with van der Waals surface area (Å²) in [7, 11) is 1.58. The van der Waals surface area contributed by atoms with Crippen molar-refractivity contribution in [2.75, 3.05) is 7.11 Å². The SMILES string of the molecule is COCc1cc(C)[nH]c(=O)c1-c1noc(CC(C)(C)C)n1. The lowest BCUT2D eigenvalue weighted by Gasteiger charge is -2.13. The largest absolute Gasteiger partial charge is 0.380 e. The molecule has 114 valence electrons. The Morgan fingerprint density at radius 2 is 2.10 bits per heavy atom. The molecule has 0 atom stereocenters. The Balaban J connectivity index is 2.44. The summed E-state index contributed by atoms with van der Waals surface area (Å²) in [6.45, 7) is 8.42. The van der Waals surface area contributed by atoms with Crippen LogP contribution in [0.5, 0.6) is 0 Å². The molecule has 6 heteroatoms. The second kappa shape index (κ2) is 5.81. The summed E-state index contributed by atoms with van der Waals surface area (Å²) >= 11 is 0. The van der Waals surface area contributed by atoms with Crippen LogP contribution >= 0.6 is 0 Å². The smallest absolute Gasteiger partial charge is 0.259 e. The zero-order chi connectivity index (χ0) is 15.6. The second-order valence-corrected chi connectivity index (χ2v) is 6.36. The van der Waals surface area contributed by atoms with Crippen LogP contribution in [-0.4, -0.2) is 22.2 Å². The minimum absolute atomic E-state index is 0.0405. The van der Waals surface area contributed by atoms with Gasteiger partial charge in [0.15, 0.2) is 0 Å². The van der Waals surface area contributed by atoms with E-state index in [2.05, 4.69) is 35.9 Å². The van der Waals surface area contributed by atoms with Crippen molar-refractivity contribution in [2.24, 2.45) is 5.41 Å². The first kappa shape index (κ1) is 15.4. The molecule has 0 spiro atoms. The van der Waals surface area contributed by atoms with E-state index in [1.807, 2.05) is 13.0 Å². The molecule has 2 aromatic heterocycles. The van der Waals surface area contributed by atoms with Gasteiger partial charge in [0.05, 0.1) is 12.2 Å². The third-order valence-corrected chi connectivity index (χ3v) is 2.92. The Morgan fingerprint density at radius 3 is 2.71 bits per heavy atom. The van der Waals surface area contributed by atoms with E-state index in [-0.39, 0.29) is 11.0 Å². The first-order valence-electron chi connectivity index (χ1n) is 6.85. The number of H-pyrrole nitrogens is 1. The van der Waals surface area contributed by atoms with Gasteiger partial charge in [0, 0.05) is 19.2 Å². The third-order valence-electron chi connectivity index (χ3n) is 2.92. The lowest BCUT2D eigenvalue weighted by Crippen LogP contribution is -2.15. The van der Waals surface area contributed by atoms with Crippen molar-refractivity contribution in [3.63, 3.8) is 0 Å². The van der Waals surface area contributed by atoms with Crippen LogP contribution in [0.25, 0.3) is 11.4 Å². The van der Waals surface area contributed by atoms with E-state index >= 15 is 0 Å². The van der Waals surface area contributed by atoms with Crippen molar-refractivity contribution < 1.29 is 9.26 Å². The molecule has 0 aliphatic heterocycles. The molecule has 0 aliphatic rings. The Labute approximate surface area is 123 Å².